The summed E-state index contributed by atoms with van der Waals surface area (Å²) >= 11 is 0. The third-order valence-corrected chi connectivity index (χ3v) is 3.51. The molecule has 1 aromatic carbocycles. The second-order valence-electron chi connectivity index (χ2n) is 3.61. The summed E-state index contributed by atoms with van der Waals surface area (Å²) in [7, 11) is 1.47. The molecule has 0 spiro atoms. The zero-order valence-corrected chi connectivity index (χ0v) is 11.6. The van der Waals surface area contributed by atoms with Gasteiger partial charge in [-0.1, -0.05) is 0 Å². The Morgan fingerprint density at radius 3 is 2.61 bits per heavy atom. The minimum absolute atomic E-state index is 0.00651. The van der Waals surface area contributed by atoms with Crippen LogP contribution in [0.1, 0.15) is 12.5 Å². The molecule has 0 aliphatic rings. The van der Waals surface area contributed by atoms with E-state index in [1.807, 2.05) is 6.92 Å². The second kappa shape index (κ2) is 6.06. The molecule has 0 aliphatic carbocycles. The quantitative estimate of drug-likeness (QED) is 0.833. The number of hydrogen-bond acceptors (Lipinski definition) is 4. The second-order valence-corrected chi connectivity index (χ2v) is 6.17. The Morgan fingerprint density at radius 2 is 2.11 bits per heavy atom. The molecule has 0 aliphatic heterocycles. The molecular weight excluding hydrogens is 278 g/mol. The first kappa shape index (κ1) is 14.8. The van der Waals surface area contributed by atoms with Gasteiger partial charge in [0.05, 0.1) is 4.90 Å². The van der Waals surface area contributed by atoms with Crippen molar-refractivity contribution < 1.29 is 17.9 Å². The van der Waals surface area contributed by atoms with Crippen LogP contribution in [0.3, 0.4) is 0 Å². The van der Waals surface area contributed by atoms with E-state index in [1.54, 1.807) is 6.92 Å². The molecule has 1 amide bonds. The van der Waals surface area contributed by atoms with Crippen LogP contribution in [0, 0.1) is 6.92 Å². The topological polar surface area (TPSA) is 72.5 Å². The number of rotatable bonds is 5. The van der Waals surface area contributed by atoms with Crippen molar-refractivity contribution in [2.75, 3.05) is 13.2 Å². The third-order valence-electron chi connectivity index (χ3n) is 2.16. The summed E-state index contributed by atoms with van der Waals surface area (Å²) in [5, 5.41) is 2.59. The Balaban J connectivity index is 2.78. The van der Waals surface area contributed by atoms with Gasteiger partial charge in [-0.3, -0.25) is 4.79 Å². The molecule has 5 nitrogen and oxygen atoms in total. The van der Waals surface area contributed by atoms with Crippen LogP contribution < -0.4 is 10.1 Å². The maximum Gasteiger partial charge on any atom is 0.261 e. The van der Waals surface area contributed by atoms with Gasteiger partial charge in [0.2, 0.25) is 0 Å². The Morgan fingerprint density at radius 1 is 1.44 bits per heavy atom. The molecule has 7 heteroatoms. The number of carbonyl (C=O) groups excluding carboxylic acids is 1. The maximum atomic E-state index is 11.2. The molecule has 18 heavy (non-hydrogen) atoms. The Hall–Kier alpha value is -1.27. The molecule has 1 aromatic rings. The standard InChI is InChI=1S/C11H14ClNO4S/c1-3-13-11(14)7-17-10-5-4-9(6-8(10)2)18(12,15)16/h4-6H,3,7H2,1-2H3,(H,13,14). The van der Waals surface area contributed by atoms with Gasteiger partial charge in [0.15, 0.2) is 6.61 Å². The molecule has 0 radical (unpaired) electrons. The summed E-state index contributed by atoms with van der Waals surface area (Å²) in [5.74, 6) is 0.219. The lowest BCUT2D eigenvalue weighted by atomic mass is 10.2. The fourth-order valence-corrected chi connectivity index (χ4v) is 2.16. The Kier molecular flexibility index (Phi) is 4.98. The number of ether oxygens (including phenoxy) is 1. The first-order valence-corrected chi connectivity index (χ1v) is 7.60. The highest BCUT2D eigenvalue weighted by Gasteiger charge is 2.12. The van der Waals surface area contributed by atoms with Crippen LogP contribution in [-0.2, 0) is 13.8 Å². The molecular formula is C11H14ClNO4S. The molecule has 0 atom stereocenters. The average Bonchev–Trinajstić information content (AvgIpc) is 2.26. The number of halogens is 1. The van der Waals surface area contributed by atoms with Crippen molar-refractivity contribution in [3.05, 3.63) is 23.8 Å². The van der Waals surface area contributed by atoms with Crippen molar-refractivity contribution in [1.29, 1.82) is 0 Å². The predicted molar refractivity (Wildman–Crippen MR) is 68.4 cm³/mol. The van der Waals surface area contributed by atoms with Crippen LogP contribution >= 0.6 is 10.7 Å². The minimum Gasteiger partial charge on any atom is -0.484 e. The fourth-order valence-electron chi connectivity index (χ4n) is 1.33. The van der Waals surface area contributed by atoms with Gasteiger partial charge in [0, 0.05) is 17.2 Å². The third kappa shape index (κ3) is 4.19. The molecule has 0 heterocycles. The van der Waals surface area contributed by atoms with Crippen LogP contribution in [0.15, 0.2) is 23.1 Å². The largest absolute Gasteiger partial charge is 0.484 e. The molecule has 100 valence electrons. The number of aryl methyl sites for hydroxylation is 1. The van der Waals surface area contributed by atoms with Crippen LogP contribution in [0.4, 0.5) is 0 Å². The van der Waals surface area contributed by atoms with Crippen LogP contribution in [-0.4, -0.2) is 27.5 Å². The first-order valence-electron chi connectivity index (χ1n) is 5.29. The smallest absolute Gasteiger partial charge is 0.261 e. The van der Waals surface area contributed by atoms with E-state index in [2.05, 4.69) is 5.32 Å². The lowest BCUT2D eigenvalue weighted by Crippen LogP contribution is -2.28. The fraction of sp³-hybridized carbons (Fsp3) is 0.364. The van der Waals surface area contributed by atoms with Gasteiger partial charge in [-0.25, -0.2) is 8.42 Å². The van der Waals surface area contributed by atoms with Crippen molar-refractivity contribution in [2.24, 2.45) is 0 Å². The number of carbonyl (C=O) groups is 1. The highest BCUT2D eigenvalue weighted by molar-refractivity contribution is 8.13. The highest BCUT2D eigenvalue weighted by atomic mass is 35.7. The van der Waals surface area contributed by atoms with Crippen molar-refractivity contribution in [3.8, 4) is 5.75 Å². The van der Waals surface area contributed by atoms with Crippen molar-refractivity contribution in [2.45, 2.75) is 18.7 Å². The van der Waals surface area contributed by atoms with Gasteiger partial charge in [0.1, 0.15) is 5.75 Å². The van der Waals surface area contributed by atoms with E-state index >= 15 is 0 Å². The maximum absolute atomic E-state index is 11.2. The van der Waals surface area contributed by atoms with E-state index in [4.69, 9.17) is 15.4 Å². The van der Waals surface area contributed by atoms with Gasteiger partial charge in [-0.15, -0.1) is 0 Å². The highest BCUT2D eigenvalue weighted by Crippen LogP contribution is 2.23. The van der Waals surface area contributed by atoms with Crippen molar-refractivity contribution >= 4 is 25.6 Å². The van der Waals surface area contributed by atoms with Gasteiger partial charge >= 0.3 is 0 Å². The molecule has 0 saturated carbocycles. The molecule has 1 rings (SSSR count). The van der Waals surface area contributed by atoms with Gasteiger partial charge in [0.25, 0.3) is 15.0 Å². The Bertz CT molecular complexity index is 542. The summed E-state index contributed by atoms with van der Waals surface area (Å²) in [6.07, 6.45) is 0. The zero-order valence-electron chi connectivity index (χ0n) is 10.1. The average molecular weight is 292 g/mol. The summed E-state index contributed by atoms with van der Waals surface area (Å²) in [6.45, 7) is 3.91. The molecule has 1 N–H and O–H groups in total. The number of amides is 1. The predicted octanol–water partition coefficient (Wildman–Crippen LogP) is 1.44. The Labute approximate surface area is 111 Å². The van der Waals surface area contributed by atoms with E-state index < -0.39 is 9.05 Å². The van der Waals surface area contributed by atoms with Crippen LogP contribution in [0.25, 0.3) is 0 Å². The van der Waals surface area contributed by atoms with Crippen LogP contribution in [0.2, 0.25) is 0 Å². The molecule has 0 unspecified atom stereocenters. The number of nitrogens with one attached hydrogen (secondary N) is 1. The number of hydrogen-bond donors (Lipinski definition) is 1. The van der Waals surface area contributed by atoms with Crippen molar-refractivity contribution in [1.82, 2.24) is 5.32 Å². The molecule has 0 fully saturated rings. The molecule has 0 bridgehead atoms. The number of benzene rings is 1. The minimum atomic E-state index is -3.74. The lowest BCUT2D eigenvalue weighted by molar-refractivity contribution is -0.122. The number of likely N-dealkylation sites (N-methyl/N-ethyl adjacent to an activating group) is 1. The van der Waals surface area contributed by atoms with E-state index in [0.717, 1.165) is 0 Å². The van der Waals surface area contributed by atoms with Gasteiger partial charge < -0.3 is 10.1 Å². The van der Waals surface area contributed by atoms with E-state index in [0.29, 0.717) is 17.9 Å². The SMILES string of the molecule is CCNC(=O)COc1ccc(S(=O)(=O)Cl)cc1C. The van der Waals surface area contributed by atoms with Gasteiger partial charge in [-0.05, 0) is 37.6 Å². The van der Waals surface area contributed by atoms with Gasteiger partial charge in [-0.2, -0.15) is 0 Å². The van der Waals surface area contributed by atoms with E-state index in [9.17, 15) is 13.2 Å². The first-order chi connectivity index (χ1) is 8.34. The van der Waals surface area contributed by atoms with E-state index in [-0.39, 0.29) is 17.4 Å². The van der Waals surface area contributed by atoms with Crippen LogP contribution in [0.5, 0.6) is 5.75 Å². The van der Waals surface area contributed by atoms with Crippen molar-refractivity contribution in [3.63, 3.8) is 0 Å². The summed E-state index contributed by atoms with van der Waals surface area (Å²) in [6, 6.07) is 4.21. The summed E-state index contributed by atoms with van der Waals surface area (Å²) in [4.78, 5) is 11.2. The zero-order chi connectivity index (χ0) is 13.8. The van der Waals surface area contributed by atoms with E-state index in [1.165, 1.54) is 18.2 Å². The normalized spacial score (nSPS) is 11.1. The molecule has 0 aromatic heterocycles. The molecule has 0 saturated heterocycles. The summed E-state index contributed by atoms with van der Waals surface area (Å²) in [5.41, 5.74) is 0.598. The monoisotopic (exact) mass is 291 g/mol. The lowest BCUT2D eigenvalue weighted by Gasteiger charge is -2.09. The summed E-state index contributed by atoms with van der Waals surface area (Å²) < 4.78 is 27.5.